The van der Waals surface area contributed by atoms with Gasteiger partial charge in [-0.25, -0.2) is 4.79 Å². The van der Waals surface area contributed by atoms with Gasteiger partial charge in [0.15, 0.2) is 0 Å². The van der Waals surface area contributed by atoms with Gasteiger partial charge in [0.2, 0.25) is 0 Å². The Hall–Kier alpha value is -2.50. The Morgan fingerprint density at radius 3 is 2.75 bits per heavy atom. The fourth-order valence-electron chi connectivity index (χ4n) is 1.97. The molecule has 6 heteroatoms. The molecule has 20 heavy (non-hydrogen) atoms. The fourth-order valence-corrected chi connectivity index (χ4v) is 1.97. The van der Waals surface area contributed by atoms with E-state index in [0.29, 0.717) is 6.42 Å². The van der Waals surface area contributed by atoms with Gasteiger partial charge in [0.25, 0.3) is 0 Å². The summed E-state index contributed by atoms with van der Waals surface area (Å²) in [4.78, 5) is 23.3. The topological polar surface area (TPSA) is 88.0 Å². The van der Waals surface area contributed by atoms with Crippen molar-refractivity contribution in [2.45, 2.75) is 25.8 Å². The van der Waals surface area contributed by atoms with Gasteiger partial charge in [-0.3, -0.25) is 15.0 Å². The van der Waals surface area contributed by atoms with Gasteiger partial charge >= 0.3 is 6.09 Å². The Kier molecular flexibility index (Phi) is 3.93. The van der Waals surface area contributed by atoms with Crippen LogP contribution in [0.5, 0.6) is 0 Å². The molecule has 0 aromatic carbocycles. The van der Waals surface area contributed by atoms with Crippen molar-refractivity contribution in [3.63, 3.8) is 0 Å². The van der Waals surface area contributed by atoms with Crippen LogP contribution in [0, 0.1) is 0 Å². The Morgan fingerprint density at radius 1 is 1.30 bits per heavy atom. The Morgan fingerprint density at radius 2 is 2.10 bits per heavy atom. The third-order valence-corrected chi connectivity index (χ3v) is 2.74. The highest BCUT2D eigenvalue weighted by molar-refractivity contribution is 5.65. The quantitative estimate of drug-likeness (QED) is 0.890. The molecule has 0 saturated heterocycles. The van der Waals surface area contributed by atoms with Crippen LogP contribution in [-0.4, -0.2) is 31.7 Å². The molecule has 104 valence electrons. The lowest BCUT2D eigenvalue weighted by Crippen LogP contribution is -2.44. The van der Waals surface area contributed by atoms with E-state index in [1.807, 2.05) is 26.0 Å². The van der Waals surface area contributed by atoms with Crippen molar-refractivity contribution >= 4 is 6.09 Å². The van der Waals surface area contributed by atoms with Crippen LogP contribution in [0.3, 0.4) is 0 Å². The molecule has 0 fully saturated rings. The molecule has 2 aromatic heterocycles. The summed E-state index contributed by atoms with van der Waals surface area (Å²) in [5.41, 5.74) is 1.89. The molecule has 0 bridgehead atoms. The number of rotatable bonds is 4. The van der Waals surface area contributed by atoms with Gasteiger partial charge in [-0.05, 0) is 26.0 Å². The zero-order valence-corrected chi connectivity index (χ0v) is 11.4. The SMILES string of the molecule is CC(C)(Cc1cc(-c2cnccn2)ccn1)NC(=O)O. The molecule has 2 aromatic rings. The molecule has 0 spiro atoms. The standard InChI is InChI=1S/C14H16N4O2/c1-14(2,18-13(19)20)8-11-7-10(3-4-16-11)12-9-15-5-6-17-12/h3-7,9,18H,8H2,1-2H3,(H,19,20). The first-order valence-corrected chi connectivity index (χ1v) is 6.19. The molecule has 2 N–H and O–H groups in total. The van der Waals surface area contributed by atoms with Crippen LogP contribution in [0.1, 0.15) is 19.5 Å². The maximum atomic E-state index is 10.7. The predicted molar refractivity (Wildman–Crippen MR) is 74.2 cm³/mol. The average molecular weight is 272 g/mol. The van der Waals surface area contributed by atoms with E-state index in [1.54, 1.807) is 24.8 Å². The second kappa shape index (κ2) is 5.64. The highest BCUT2D eigenvalue weighted by Gasteiger charge is 2.21. The zero-order chi connectivity index (χ0) is 14.6. The number of carbonyl (C=O) groups is 1. The van der Waals surface area contributed by atoms with Crippen LogP contribution in [0.4, 0.5) is 4.79 Å². The molecule has 0 radical (unpaired) electrons. The number of aromatic nitrogens is 3. The summed E-state index contributed by atoms with van der Waals surface area (Å²) in [6.07, 6.45) is 6.07. The highest BCUT2D eigenvalue weighted by Crippen LogP contribution is 2.18. The molecule has 0 aliphatic heterocycles. The lowest BCUT2D eigenvalue weighted by Gasteiger charge is -2.24. The molecule has 2 rings (SSSR count). The molecule has 1 amide bonds. The number of carboxylic acid groups (broad SMARTS) is 1. The Labute approximate surface area is 116 Å². The largest absolute Gasteiger partial charge is 0.465 e. The van der Waals surface area contributed by atoms with E-state index < -0.39 is 11.6 Å². The Bertz CT molecular complexity index is 599. The third-order valence-electron chi connectivity index (χ3n) is 2.74. The summed E-state index contributed by atoms with van der Waals surface area (Å²) < 4.78 is 0. The van der Waals surface area contributed by atoms with E-state index in [4.69, 9.17) is 5.11 Å². The number of nitrogens with zero attached hydrogens (tertiary/aromatic N) is 3. The first-order valence-electron chi connectivity index (χ1n) is 6.19. The molecule has 0 unspecified atom stereocenters. The fraction of sp³-hybridized carbons (Fsp3) is 0.286. The van der Waals surface area contributed by atoms with Crippen molar-refractivity contribution in [2.75, 3.05) is 0 Å². The summed E-state index contributed by atoms with van der Waals surface area (Å²) in [6.45, 7) is 3.63. The molecule has 0 saturated carbocycles. The second-order valence-corrected chi connectivity index (χ2v) is 5.12. The third kappa shape index (κ3) is 3.74. The van der Waals surface area contributed by atoms with Gasteiger partial charge in [-0.15, -0.1) is 0 Å². The first kappa shape index (κ1) is 13.9. The predicted octanol–water partition coefficient (Wildman–Crippen LogP) is 2.13. The van der Waals surface area contributed by atoms with Gasteiger partial charge in [-0.2, -0.15) is 0 Å². The van der Waals surface area contributed by atoms with Crippen molar-refractivity contribution in [2.24, 2.45) is 0 Å². The van der Waals surface area contributed by atoms with Gasteiger partial charge in [0.1, 0.15) is 0 Å². The summed E-state index contributed by atoms with van der Waals surface area (Å²) in [6, 6.07) is 3.75. The molecule has 0 aliphatic carbocycles. The highest BCUT2D eigenvalue weighted by atomic mass is 16.4. The van der Waals surface area contributed by atoms with Crippen LogP contribution in [0.25, 0.3) is 11.3 Å². The van der Waals surface area contributed by atoms with E-state index >= 15 is 0 Å². The number of hydrogen-bond donors (Lipinski definition) is 2. The van der Waals surface area contributed by atoms with Crippen molar-refractivity contribution in [1.82, 2.24) is 20.3 Å². The average Bonchev–Trinajstić information content (AvgIpc) is 2.38. The number of pyridine rings is 1. The van der Waals surface area contributed by atoms with Gasteiger partial charge < -0.3 is 10.4 Å². The lowest BCUT2D eigenvalue weighted by atomic mass is 9.97. The Balaban J connectivity index is 2.20. The van der Waals surface area contributed by atoms with Crippen molar-refractivity contribution in [3.8, 4) is 11.3 Å². The monoisotopic (exact) mass is 272 g/mol. The molecule has 2 heterocycles. The van der Waals surface area contributed by atoms with E-state index in [0.717, 1.165) is 17.0 Å². The smallest absolute Gasteiger partial charge is 0.405 e. The van der Waals surface area contributed by atoms with E-state index in [9.17, 15) is 4.79 Å². The minimum absolute atomic E-state index is 0.493. The minimum atomic E-state index is -1.04. The van der Waals surface area contributed by atoms with Gasteiger partial charge in [0.05, 0.1) is 11.9 Å². The molecular weight excluding hydrogens is 256 g/mol. The van der Waals surface area contributed by atoms with Gasteiger partial charge in [0, 0.05) is 41.8 Å². The van der Waals surface area contributed by atoms with Crippen LogP contribution < -0.4 is 5.32 Å². The van der Waals surface area contributed by atoms with Crippen LogP contribution >= 0.6 is 0 Å². The number of hydrogen-bond acceptors (Lipinski definition) is 4. The van der Waals surface area contributed by atoms with Crippen molar-refractivity contribution in [3.05, 3.63) is 42.6 Å². The van der Waals surface area contributed by atoms with E-state index in [-0.39, 0.29) is 0 Å². The maximum absolute atomic E-state index is 10.7. The first-order chi connectivity index (χ1) is 9.46. The van der Waals surface area contributed by atoms with E-state index in [2.05, 4.69) is 20.3 Å². The van der Waals surface area contributed by atoms with Crippen molar-refractivity contribution in [1.29, 1.82) is 0 Å². The molecule has 6 nitrogen and oxygen atoms in total. The number of amides is 1. The van der Waals surface area contributed by atoms with Crippen LogP contribution in [0.2, 0.25) is 0 Å². The summed E-state index contributed by atoms with van der Waals surface area (Å²) in [5.74, 6) is 0. The normalized spacial score (nSPS) is 11.1. The minimum Gasteiger partial charge on any atom is -0.465 e. The van der Waals surface area contributed by atoms with Crippen LogP contribution in [-0.2, 0) is 6.42 Å². The lowest BCUT2D eigenvalue weighted by molar-refractivity contribution is 0.182. The molecule has 0 atom stereocenters. The van der Waals surface area contributed by atoms with Gasteiger partial charge in [-0.1, -0.05) is 0 Å². The summed E-state index contributed by atoms with van der Waals surface area (Å²) in [5, 5.41) is 11.3. The number of nitrogens with one attached hydrogen (secondary N) is 1. The zero-order valence-electron chi connectivity index (χ0n) is 11.4. The second-order valence-electron chi connectivity index (χ2n) is 5.12. The summed E-state index contributed by atoms with van der Waals surface area (Å²) in [7, 11) is 0. The molecular formula is C14H16N4O2. The summed E-state index contributed by atoms with van der Waals surface area (Å²) >= 11 is 0. The maximum Gasteiger partial charge on any atom is 0.405 e. The molecule has 0 aliphatic rings. The van der Waals surface area contributed by atoms with E-state index in [1.165, 1.54) is 0 Å². The van der Waals surface area contributed by atoms with Crippen LogP contribution in [0.15, 0.2) is 36.9 Å². The van der Waals surface area contributed by atoms with Crippen molar-refractivity contribution < 1.29 is 9.90 Å².